The highest BCUT2D eigenvalue weighted by molar-refractivity contribution is 7.00. The van der Waals surface area contributed by atoms with E-state index in [0.717, 1.165) is 57.5 Å². The number of fused-ring (bicyclic) bond motifs is 10. The van der Waals surface area contributed by atoms with Crippen LogP contribution in [0.5, 0.6) is 0 Å². The van der Waals surface area contributed by atoms with Crippen LogP contribution >= 0.6 is 0 Å². The third-order valence-corrected chi connectivity index (χ3v) is 20.2. The number of hydrogen-bond donors (Lipinski definition) is 0. The van der Waals surface area contributed by atoms with E-state index in [1.54, 1.807) is 0 Å². The standard InChI is InChI=1S/C78H80BN3O/c1-47-40-68-71-69(41-47)82(65-45-59-58(42-48(65)2)75(9,10)38-39-76(59,11)12)66-43-53(80(51-32-28-49(29-33-51)73(3,4)5)52-34-30-50(31-35-52)74(6,7)8)36-37-62(66)79(71)63-44-60-61(78(15,16)57-25-19-18-24-56(57)77(60,13)14)46-67(63)81(68)64-26-21-23-55-54-22-17-20-27-70(54)83-72(55)64/h17-37,40-46H,38-39H2,1-16H3. The molecule has 2 aliphatic carbocycles. The SMILES string of the molecule is Cc1cc2c3c(c1)N(c1cccc4c1oc1ccccc14)c1cc4c(cc1B3c1ccc(N(c3ccc(C(C)(C)C)cc3)c3ccc(C(C)(C)C)cc3)cc1N2c1cc2c(cc1C)C(C)(C)CCC2(C)C)C(C)(C)c1ccccc1C4(C)C. The van der Waals surface area contributed by atoms with Gasteiger partial charge in [0.15, 0.2) is 5.58 Å². The summed E-state index contributed by atoms with van der Waals surface area (Å²) in [7, 11) is 0. The van der Waals surface area contributed by atoms with Crippen LogP contribution in [0.1, 0.15) is 165 Å². The first-order valence-electron chi connectivity index (χ1n) is 30.5. The maximum atomic E-state index is 7.08. The summed E-state index contributed by atoms with van der Waals surface area (Å²) >= 11 is 0. The van der Waals surface area contributed by atoms with Crippen LogP contribution in [0.15, 0.2) is 174 Å². The molecule has 83 heavy (non-hydrogen) atoms. The molecule has 0 fully saturated rings. The summed E-state index contributed by atoms with van der Waals surface area (Å²) in [4.78, 5) is 7.77. The zero-order valence-electron chi connectivity index (χ0n) is 51.9. The molecule has 0 bridgehead atoms. The van der Waals surface area contributed by atoms with E-state index in [9.17, 15) is 0 Å². The minimum Gasteiger partial charge on any atom is -0.454 e. The number of benzene rings is 9. The van der Waals surface area contributed by atoms with Crippen LogP contribution in [0.4, 0.5) is 51.2 Å². The van der Waals surface area contributed by atoms with Crippen molar-refractivity contribution in [2.24, 2.45) is 0 Å². The Balaban J connectivity index is 1.09. The van der Waals surface area contributed by atoms with Crippen molar-refractivity contribution in [3.05, 3.63) is 225 Å². The van der Waals surface area contributed by atoms with Gasteiger partial charge in [0.25, 0.3) is 6.71 Å². The smallest absolute Gasteiger partial charge is 0.252 e. The van der Waals surface area contributed by atoms with Crippen LogP contribution in [0.3, 0.4) is 0 Å². The highest BCUT2D eigenvalue weighted by Crippen LogP contribution is 2.56. The van der Waals surface area contributed by atoms with Crippen LogP contribution in [0.2, 0.25) is 0 Å². The average molecular weight is 1090 g/mol. The third-order valence-electron chi connectivity index (χ3n) is 20.2. The molecule has 0 spiro atoms. The first-order chi connectivity index (χ1) is 39.2. The van der Waals surface area contributed by atoms with Crippen LogP contribution in [0.25, 0.3) is 21.9 Å². The highest BCUT2D eigenvalue weighted by atomic mass is 16.3. The summed E-state index contributed by atoms with van der Waals surface area (Å²) in [6.45, 7) is 38.0. The lowest BCUT2D eigenvalue weighted by Crippen LogP contribution is -2.62. The summed E-state index contributed by atoms with van der Waals surface area (Å²) in [5, 5.41) is 2.25. The molecule has 3 heterocycles. The van der Waals surface area contributed by atoms with E-state index in [-0.39, 0.29) is 39.2 Å². The van der Waals surface area contributed by atoms with Crippen LogP contribution < -0.4 is 31.1 Å². The van der Waals surface area contributed by atoms with Crippen LogP contribution in [-0.4, -0.2) is 6.71 Å². The molecule has 14 rings (SSSR count). The van der Waals surface area contributed by atoms with E-state index in [1.165, 1.54) is 100 Å². The second-order valence-electron chi connectivity index (χ2n) is 29.4. The largest absolute Gasteiger partial charge is 0.454 e. The van der Waals surface area contributed by atoms with Gasteiger partial charge in [0, 0.05) is 67.1 Å². The first kappa shape index (κ1) is 53.3. The fraction of sp³-hybridized carbons (Fsp3) is 0.308. The fourth-order valence-corrected chi connectivity index (χ4v) is 15.2. The number of furan rings is 1. The molecule has 0 radical (unpaired) electrons. The van der Waals surface area contributed by atoms with E-state index < -0.39 is 0 Å². The molecule has 1 aromatic heterocycles. The summed E-state index contributed by atoms with van der Waals surface area (Å²) in [5.41, 5.74) is 29.3. The normalized spacial score (nSPS) is 16.9. The molecule has 9 aromatic carbocycles. The maximum absolute atomic E-state index is 7.08. The lowest BCUT2D eigenvalue weighted by Gasteiger charge is -2.48. The second kappa shape index (κ2) is 17.9. The lowest BCUT2D eigenvalue weighted by atomic mass is 9.33. The zero-order chi connectivity index (χ0) is 58.2. The van der Waals surface area contributed by atoms with Gasteiger partial charge in [-0.2, -0.15) is 0 Å². The molecule has 0 saturated heterocycles. The van der Waals surface area contributed by atoms with Gasteiger partial charge < -0.3 is 19.1 Å². The quantitative estimate of drug-likeness (QED) is 0.160. The first-order valence-corrected chi connectivity index (χ1v) is 30.5. The predicted molar refractivity (Wildman–Crippen MR) is 355 cm³/mol. The average Bonchev–Trinajstić information content (AvgIpc) is 0.933. The molecule has 0 N–H and O–H groups in total. The Kier molecular flexibility index (Phi) is 11.5. The Morgan fingerprint density at radius 1 is 0.422 bits per heavy atom. The topological polar surface area (TPSA) is 22.9 Å². The number of hydrogen-bond acceptors (Lipinski definition) is 4. The van der Waals surface area contributed by atoms with Crippen molar-refractivity contribution in [1.82, 2.24) is 0 Å². The summed E-state index contributed by atoms with van der Waals surface area (Å²) in [5.74, 6) is 0. The van der Waals surface area contributed by atoms with Gasteiger partial charge in [-0.25, -0.2) is 0 Å². The van der Waals surface area contributed by atoms with Gasteiger partial charge in [0.05, 0.1) is 5.69 Å². The fourth-order valence-electron chi connectivity index (χ4n) is 15.2. The van der Waals surface area contributed by atoms with E-state index in [2.05, 4.69) is 295 Å². The van der Waals surface area contributed by atoms with E-state index >= 15 is 0 Å². The molecule has 0 atom stereocenters. The molecule has 10 aromatic rings. The van der Waals surface area contributed by atoms with Gasteiger partial charge in [0.2, 0.25) is 0 Å². The Bertz CT molecular complexity index is 4270. The van der Waals surface area contributed by atoms with Crippen molar-refractivity contribution in [3.8, 4) is 0 Å². The van der Waals surface area contributed by atoms with Gasteiger partial charge in [-0.05, 0) is 193 Å². The van der Waals surface area contributed by atoms with Gasteiger partial charge in [0.1, 0.15) is 5.58 Å². The highest BCUT2D eigenvalue weighted by Gasteiger charge is 2.49. The number of aryl methyl sites for hydroxylation is 2. The Morgan fingerprint density at radius 3 is 1.51 bits per heavy atom. The van der Waals surface area contributed by atoms with Crippen molar-refractivity contribution in [1.29, 1.82) is 0 Å². The summed E-state index contributed by atoms with van der Waals surface area (Å²) in [6.07, 6.45) is 2.30. The predicted octanol–water partition coefficient (Wildman–Crippen LogP) is 19.7. The minimum atomic E-state index is -0.270. The molecule has 4 nitrogen and oxygen atoms in total. The van der Waals surface area contributed by atoms with Crippen molar-refractivity contribution in [2.45, 2.75) is 156 Å². The Hall–Kier alpha value is -7.76. The number of para-hydroxylation sites is 2. The van der Waals surface area contributed by atoms with Crippen LogP contribution in [-0.2, 0) is 32.5 Å². The van der Waals surface area contributed by atoms with Gasteiger partial charge in [-0.1, -0.05) is 194 Å². The van der Waals surface area contributed by atoms with Gasteiger partial charge >= 0.3 is 0 Å². The molecular formula is C78H80BN3O. The van der Waals surface area contributed by atoms with Crippen molar-refractivity contribution in [3.63, 3.8) is 0 Å². The van der Waals surface area contributed by atoms with Gasteiger partial charge in [-0.3, -0.25) is 0 Å². The molecule has 0 unspecified atom stereocenters. The molecule has 416 valence electrons. The van der Waals surface area contributed by atoms with Crippen molar-refractivity contribution < 1.29 is 4.42 Å². The summed E-state index contributed by atoms with van der Waals surface area (Å²) < 4.78 is 7.08. The second-order valence-corrected chi connectivity index (χ2v) is 29.4. The summed E-state index contributed by atoms with van der Waals surface area (Å²) in [6, 6.07) is 65.9. The van der Waals surface area contributed by atoms with E-state index in [1.807, 2.05) is 0 Å². The van der Waals surface area contributed by atoms with Crippen LogP contribution in [0, 0.1) is 13.8 Å². The number of nitrogens with zero attached hydrogens (tertiary/aromatic N) is 3. The molecule has 5 heteroatoms. The minimum absolute atomic E-state index is 0.00311. The Labute approximate surface area is 494 Å². The molecule has 0 amide bonds. The monoisotopic (exact) mass is 1090 g/mol. The number of rotatable bonds is 5. The molecule has 2 aliphatic heterocycles. The van der Waals surface area contributed by atoms with Crippen molar-refractivity contribution in [2.75, 3.05) is 14.7 Å². The lowest BCUT2D eigenvalue weighted by molar-refractivity contribution is 0.332. The van der Waals surface area contributed by atoms with E-state index in [4.69, 9.17) is 4.42 Å². The van der Waals surface area contributed by atoms with Gasteiger partial charge in [-0.15, -0.1) is 0 Å². The Morgan fingerprint density at radius 2 is 0.916 bits per heavy atom. The van der Waals surface area contributed by atoms with Crippen molar-refractivity contribution >= 4 is 96.2 Å². The zero-order valence-corrected chi connectivity index (χ0v) is 51.9. The molecule has 0 saturated carbocycles. The maximum Gasteiger partial charge on any atom is 0.252 e. The molecule has 4 aliphatic rings. The molecular weight excluding hydrogens is 1010 g/mol. The number of anilines is 9. The third kappa shape index (κ3) is 7.99. The van der Waals surface area contributed by atoms with E-state index in [0.29, 0.717) is 0 Å².